The average Bonchev–Trinajstić information content (AvgIpc) is 3.38. The monoisotopic (exact) mass is 363 g/mol. The Balaban J connectivity index is 1.50. The fourth-order valence-corrected chi connectivity index (χ4v) is 3.86. The van der Waals surface area contributed by atoms with Gasteiger partial charge in [0, 0.05) is 19.0 Å². The predicted molar refractivity (Wildman–Crippen MR) is 95.4 cm³/mol. The minimum atomic E-state index is -0.354. The van der Waals surface area contributed by atoms with E-state index in [0.29, 0.717) is 12.6 Å². The smallest absolute Gasteiger partial charge is 0.244 e. The zero-order valence-electron chi connectivity index (χ0n) is 14.8. The van der Waals surface area contributed by atoms with Gasteiger partial charge in [-0.15, -0.1) is 10.2 Å². The fraction of sp³-hybridized carbons (Fsp3) is 0.688. The summed E-state index contributed by atoms with van der Waals surface area (Å²) >= 11 is 1.65. The molecule has 1 atom stereocenters. The Morgan fingerprint density at radius 1 is 1.40 bits per heavy atom. The quantitative estimate of drug-likeness (QED) is 0.570. The number of rotatable bonds is 8. The third-order valence-corrected chi connectivity index (χ3v) is 5.34. The summed E-state index contributed by atoms with van der Waals surface area (Å²) in [5.41, 5.74) is 0. The van der Waals surface area contributed by atoms with E-state index < -0.39 is 0 Å². The van der Waals surface area contributed by atoms with Gasteiger partial charge in [0.2, 0.25) is 5.91 Å². The van der Waals surface area contributed by atoms with Crippen LogP contribution in [-0.2, 0) is 11.2 Å². The molecule has 1 fully saturated rings. The van der Waals surface area contributed by atoms with E-state index in [2.05, 4.69) is 30.2 Å². The number of nitrogens with one attached hydrogen (secondary N) is 1. The summed E-state index contributed by atoms with van der Waals surface area (Å²) in [6.07, 6.45) is 11.7. The molecule has 1 aliphatic rings. The van der Waals surface area contributed by atoms with Crippen LogP contribution >= 0.6 is 11.8 Å². The third kappa shape index (κ3) is 4.20. The third-order valence-electron chi connectivity index (χ3n) is 4.70. The Kier molecular flexibility index (Phi) is 6.06. The van der Waals surface area contributed by atoms with Gasteiger partial charge in [-0.3, -0.25) is 4.79 Å². The van der Waals surface area contributed by atoms with Crippen LogP contribution in [0.4, 0.5) is 0 Å². The summed E-state index contributed by atoms with van der Waals surface area (Å²) in [5, 5.41) is 16.7. The molecule has 2 heterocycles. The van der Waals surface area contributed by atoms with Crippen LogP contribution in [0.15, 0.2) is 17.8 Å². The first kappa shape index (κ1) is 17.9. The molecule has 1 amide bonds. The van der Waals surface area contributed by atoms with E-state index in [9.17, 15) is 4.79 Å². The second-order valence-corrected chi connectivity index (χ2v) is 7.13. The van der Waals surface area contributed by atoms with E-state index >= 15 is 0 Å². The predicted octanol–water partition coefficient (Wildman–Crippen LogP) is 2.02. The maximum atomic E-state index is 12.1. The van der Waals surface area contributed by atoms with Crippen molar-refractivity contribution in [3.63, 3.8) is 0 Å². The SMILES string of the molecule is CSc1nnc(CCCNC(=O)C(C)n2cncn2)n1C1CCCC1. The molecular formula is C16H25N7OS. The minimum absolute atomic E-state index is 0.0486. The molecule has 136 valence electrons. The summed E-state index contributed by atoms with van der Waals surface area (Å²) in [6.45, 7) is 2.43. The lowest BCUT2D eigenvalue weighted by Crippen LogP contribution is -2.32. The van der Waals surface area contributed by atoms with Gasteiger partial charge in [0.15, 0.2) is 5.16 Å². The van der Waals surface area contributed by atoms with Crippen LogP contribution in [0.3, 0.4) is 0 Å². The van der Waals surface area contributed by atoms with Gasteiger partial charge in [-0.05, 0) is 32.4 Å². The number of carbonyl (C=O) groups excluding carboxylic acids is 1. The maximum Gasteiger partial charge on any atom is 0.244 e. The summed E-state index contributed by atoms with van der Waals surface area (Å²) in [5.74, 6) is 0.988. The Labute approximate surface area is 151 Å². The van der Waals surface area contributed by atoms with Gasteiger partial charge in [-0.1, -0.05) is 24.6 Å². The zero-order chi connectivity index (χ0) is 17.6. The molecule has 0 aromatic carbocycles. The highest BCUT2D eigenvalue weighted by Crippen LogP contribution is 2.33. The van der Waals surface area contributed by atoms with E-state index in [4.69, 9.17) is 0 Å². The largest absolute Gasteiger partial charge is 0.354 e. The Bertz CT molecular complexity index is 679. The molecule has 1 saturated carbocycles. The van der Waals surface area contributed by atoms with Crippen LogP contribution in [0.2, 0.25) is 0 Å². The van der Waals surface area contributed by atoms with Crippen LogP contribution < -0.4 is 5.32 Å². The summed E-state index contributed by atoms with van der Waals surface area (Å²) in [4.78, 5) is 16.0. The number of hydrogen-bond acceptors (Lipinski definition) is 6. The normalized spacial score (nSPS) is 16.2. The minimum Gasteiger partial charge on any atom is -0.354 e. The highest BCUT2D eigenvalue weighted by atomic mass is 32.2. The van der Waals surface area contributed by atoms with E-state index in [-0.39, 0.29) is 11.9 Å². The lowest BCUT2D eigenvalue weighted by Gasteiger charge is -2.16. The first-order chi connectivity index (χ1) is 12.2. The number of aromatic nitrogens is 6. The Morgan fingerprint density at radius 2 is 2.20 bits per heavy atom. The molecule has 2 aromatic rings. The molecule has 8 nitrogen and oxygen atoms in total. The number of carbonyl (C=O) groups is 1. The van der Waals surface area contributed by atoms with Crippen LogP contribution in [0, 0.1) is 0 Å². The van der Waals surface area contributed by atoms with E-state index in [0.717, 1.165) is 23.8 Å². The Hall–Kier alpha value is -1.90. The second-order valence-electron chi connectivity index (χ2n) is 6.36. The lowest BCUT2D eigenvalue weighted by molar-refractivity contribution is -0.124. The fourth-order valence-electron chi connectivity index (χ4n) is 3.29. The highest BCUT2D eigenvalue weighted by molar-refractivity contribution is 7.98. The van der Waals surface area contributed by atoms with Crippen LogP contribution in [0.25, 0.3) is 0 Å². The summed E-state index contributed by atoms with van der Waals surface area (Å²) < 4.78 is 3.87. The van der Waals surface area contributed by atoms with E-state index in [1.54, 1.807) is 22.8 Å². The van der Waals surface area contributed by atoms with Gasteiger partial charge in [0.25, 0.3) is 0 Å². The molecule has 0 radical (unpaired) electrons. The summed E-state index contributed by atoms with van der Waals surface area (Å²) in [6, 6.07) is 0.183. The van der Waals surface area contributed by atoms with Gasteiger partial charge in [0.1, 0.15) is 24.5 Å². The Morgan fingerprint density at radius 3 is 2.88 bits per heavy atom. The molecule has 2 aromatic heterocycles. The lowest BCUT2D eigenvalue weighted by atomic mass is 10.2. The van der Waals surface area contributed by atoms with Crippen molar-refractivity contribution in [2.75, 3.05) is 12.8 Å². The second kappa shape index (κ2) is 8.46. The molecule has 0 spiro atoms. The first-order valence-corrected chi connectivity index (χ1v) is 10.0. The first-order valence-electron chi connectivity index (χ1n) is 8.80. The van der Waals surface area contributed by atoms with Crippen LogP contribution in [0.5, 0.6) is 0 Å². The van der Waals surface area contributed by atoms with Gasteiger partial charge < -0.3 is 9.88 Å². The van der Waals surface area contributed by atoms with Crippen molar-refractivity contribution < 1.29 is 4.79 Å². The molecule has 1 unspecified atom stereocenters. The molecular weight excluding hydrogens is 338 g/mol. The number of amides is 1. The van der Waals surface area contributed by atoms with Crippen molar-refractivity contribution in [3.8, 4) is 0 Å². The van der Waals surface area contributed by atoms with Crippen LogP contribution in [0.1, 0.15) is 56.9 Å². The molecule has 0 aliphatic heterocycles. The van der Waals surface area contributed by atoms with E-state index in [1.165, 1.54) is 32.0 Å². The molecule has 9 heteroatoms. The van der Waals surface area contributed by atoms with Crippen molar-refractivity contribution in [1.82, 2.24) is 34.8 Å². The summed E-state index contributed by atoms with van der Waals surface area (Å²) in [7, 11) is 0. The molecule has 0 bridgehead atoms. The van der Waals surface area contributed by atoms with Gasteiger partial charge in [0.05, 0.1) is 0 Å². The van der Waals surface area contributed by atoms with Crippen molar-refractivity contribution in [2.24, 2.45) is 0 Å². The zero-order valence-corrected chi connectivity index (χ0v) is 15.6. The molecule has 3 rings (SSSR count). The number of hydrogen-bond donors (Lipinski definition) is 1. The standard InChI is InChI=1S/C16H25N7OS/c1-12(22-11-17-10-19-22)15(24)18-9-5-8-14-20-21-16(25-2)23(14)13-6-3-4-7-13/h10-13H,3-9H2,1-2H3,(H,18,24). The van der Waals surface area contributed by atoms with Gasteiger partial charge in [-0.2, -0.15) is 5.10 Å². The highest BCUT2D eigenvalue weighted by Gasteiger charge is 2.23. The van der Waals surface area contributed by atoms with Crippen molar-refractivity contribution in [1.29, 1.82) is 0 Å². The number of thioether (sulfide) groups is 1. The number of nitrogens with zero attached hydrogens (tertiary/aromatic N) is 6. The average molecular weight is 363 g/mol. The maximum absolute atomic E-state index is 12.1. The molecule has 0 saturated heterocycles. The molecule has 25 heavy (non-hydrogen) atoms. The van der Waals surface area contributed by atoms with Crippen molar-refractivity contribution >= 4 is 17.7 Å². The number of aryl methyl sites for hydroxylation is 1. The van der Waals surface area contributed by atoms with Gasteiger partial charge >= 0.3 is 0 Å². The molecule has 1 N–H and O–H groups in total. The molecule has 1 aliphatic carbocycles. The van der Waals surface area contributed by atoms with Crippen LogP contribution in [-0.4, -0.2) is 48.2 Å². The van der Waals surface area contributed by atoms with Crippen molar-refractivity contribution in [2.45, 2.75) is 62.7 Å². The topological polar surface area (TPSA) is 90.5 Å². The van der Waals surface area contributed by atoms with E-state index in [1.807, 2.05) is 13.2 Å². The van der Waals surface area contributed by atoms with Gasteiger partial charge in [-0.25, -0.2) is 9.67 Å². The van der Waals surface area contributed by atoms with Crippen molar-refractivity contribution in [3.05, 3.63) is 18.5 Å².